The molecular formula is C36H60N14O11S. The maximum atomic E-state index is 13.5. The van der Waals surface area contributed by atoms with E-state index < -0.39 is 114 Å². The number of hydrogen-bond donors (Lipinski definition) is 14. The molecule has 0 saturated carbocycles. The zero-order valence-electron chi connectivity index (χ0n) is 35.2. The number of likely N-dealkylation sites (tertiary alicyclic amines) is 1. The Morgan fingerprint density at radius 3 is 1.92 bits per heavy atom. The number of aromatic nitrogens is 2. The summed E-state index contributed by atoms with van der Waals surface area (Å²) in [5.74, 6) is -7.83. The second kappa shape index (κ2) is 25.0. The van der Waals surface area contributed by atoms with Gasteiger partial charge in [-0.05, 0) is 60.3 Å². The zero-order valence-corrected chi connectivity index (χ0v) is 36.1. The topological polar surface area (TPSA) is 401 Å². The van der Waals surface area contributed by atoms with Gasteiger partial charge in [-0.25, -0.2) is 9.78 Å². The molecule has 1 aromatic rings. The summed E-state index contributed by atoms with van der Waals surface area (Å²) in [4.78, 5) is 128. The molecule has 0 aliphatic carbocycles. The highest BCUT2D eigenvalue weighted by Crippen LogP contribution is 2.19. The minimum atomic E-state index is -1.58. The number of amides is 8. The quantitative estimate of drug-likeness (QED) is 0.0199. The first kappa shape index (κ1) is 52.1. The molecule has 0 unspecified atom stereocenters. The fraction of sp³-hybridized carbons (Fsp3) is 0.639. The van der Waals surface area contributed by atoms with Gasteiger partial charge in [0.2, 0.25) is 47.3 Å². The predicted octanol–water partition coefficient (Wildman–Crippen LogP) is -5.81. The number of rotatable bonds is 24. The summed E-state index contributed by atoms with van der Waals surface area (Å²) in [6, 6.07) is -11.1. The van der Waals surface area contributed by atoms with Gasteiger partial charge in [0.05, 0.1) is 18.5 Å². The fourth-order valence-electron chi connectivity index (χ4n) is 6.01. The third-order valence-corrected chi connectivity index (χ3v) is 9.90. The van der Waals surface area contributed by atoms with Gasteiger partial charge in [0.15, 0.2) is 5.96 Å². The van der Waals surface area contributed by atoms with Crippen LogP contribution in [-0.4, -0.2) is 164 Å². The van der Waals surface area contributed by atoms with Gasteiger partial charge in [0.1, 0.15) is 48.3 Å². The highest BCUT2D eigenvalue weighted by atomic mass is 32.1. The Hall–Kier alpha value is -6.02. The Morgan fingerprint density at radius 2 is 1.39 bits per heavy atom. The largest absolute Gasteiger partial charge is 0.480 e. The van der Waals surface area contributed by atoms with Gasteiger partial charge < -0.3 is 74.5 Å². The molecule has 346 valence electrons. The van der Waals surface area contributed by atoms with E-state index in [-0.39, 0.29) is 50.5 Å². The summed E-state index contributed by atoms with van der Waals surface area (Å²) in [5, 5.41) is 37.0. The lowest BCUT2D eigenvalue weighted by Gasteiger charge is -2.30. The fourth-order valence-corrected chi connectivity index (χ4v) is 6.26. The van der Waals surface area contributed by atoms with Gasteiger partial charge in [-0.2, -0.15) is 12.6 Å². The average molecular weight is 897 g/mol. The molecule has 1 aromatic heterocycles. The summed E-state index contributed by atoms with van der Waals surface area (Å²) in [7, 11) is 0. The van der Waals surface area contributed by atoms with E-state index in [2.05, 4.69) is 64.8 Å². The number of aliphatic carboxylic acids is 1. The maximum Gasteiger partial charge on any atom is 0.326 e. The molecular weight excluding hydrogens is 837 g/mol. The van der Waals surface area contributed by atoms with Crippen molar-refractivity contribution in [1.82, 2.24) is 52.1 Å². The smallest absolute Gasteiger partial charge is 0.326 e. The van der Waals surface area contributed by atoms with E-state index >= 15 is 0 Å². The molecule has 10 atom stereocenters. The summed E-state index contributed by atoms with van der Waals surface area (Å²) in [6.07, 6.45) is 1.95. The number of aliphatic hydroxyl groups is 1. The Labute approximate surface area is 363 Å². The lowest BCUT2D eigenvalue weighted by atomic mass is 10.1. The first-order valence-electron chi connectivity index (χ1n) is 19.8. The molecule has 0 bridgehead atoms. The number of carbonyl (C=O) groups is 9. The Kier molecular flexibility index (Phi) is 21.1. The number of thiol groups is 1. The molecule has 1 fully saturated rings. The molecule has 62 heavy (non-hydrogen) atoms. The number of nitrogens with two attached hydrogens (primary N) is 3. The van der Waals surface area contributed by atoms with Gasteiger partial charge in [-0.15, -0.1) is 0 Å². The van der Waals surface area contributed by atoms with Gasteiger partial charge in [0, 0.05) is 37.2 Å². The van der Waals surface area contributed by atoms with Crippen LogP contribution in [0.25, 0.3) is 0 Å². The van der Waals surface area contributed by atoms with Crippen LogP contribution < -0.4 is 54.4 Å². The van der Waals surface area contributed by atoms with Crippen LogP contribution >= 0.6 is 12.6 Å². The van der Waals surface area contributed by atoms with Crippen LogP contribution in [0.4, 0.5) is 0 Å². The molecule has 1 aliphatic heterocycles. The maximum absolute atomic E-state index is 13.5. The van der Waals surface area contributed by atoms with Crippen LogP contribution in [0.15, 0.2) is 17.5 Å². The first-order chi connectivity index (χ1) is 29.1. The molecule has 2 rings (SSSR count). The summed E-state index contributed by atoms with van der Waals surface area (Å²) in [6.45, 7) is 6.90. The highest BCUT2D eigenvalue weighted by molar-refractivity contribution is 7.80. The van der Waals surface area contributed by atoms with Crippen LogP contribution in [0.3, 0.4) is 0 Å². The monoisotopic (exact) mass is 896 g/mol. The number of carboxylic acids is 1. The summed E-state index contributed by atoms with van der Waals surface area (Å²) >= 11 is 4.11. The number of carbonyl (C=O) groups excluding carboxylic acids is 8. The summed E-state index contributed by atoms with van der Waals surface area (Å²) in [5.41, 5.74) is 16.6. The van der Waals surface area contributed by atoms with Crippen molar-refractivity contribution in [3.8, 4) is 0 Å². The Balaban J connectivity index is 2.02. The number of nitrogens with zero attached hydrogens (tertiary/aromatic N) is 3. The zero-order chi connectivity index (χ0) is 46.8. The Bertz CT molecular complexity index is 1780. The van der Waals surface area contributed by atoms with Crippen molar-refractivity contribution in [1.29, 1.82) is 0 Å². The number of imidazole rings is 1. The van der Waals surface area contributed by atoms with Gasteiger partial charge in [-0.3, -0.25) is 43.3 Å². The molecule has 8 amide bonds. The van der Waals surface area contributed by atoms with Crippen molar-refractivity contribution >= 4 is 71.8 Å². The van der Waals surface area contributed by atoms with Crippen molar-refractivity contribution < 1.29 is 53.4 Å². The number of aliphatic imine (C=N–C) groups is 1. The second-order valence-corrected chi connectivity index (χ2v) is 15.2. The molecule has 0 spiro atoms. The predicted molar refractivity (Wildman–Crippen MR) is 224 cm³/mol. The van der Waals surface area contributed by atoms with E-state index in [4.69, 9.17) is 17.2 Å². The lowest BCUT2D eigenvalue weighted by Crippen LogP contribution is -2.60. The van der Waals surface area contributed by atoms with Gasteiger partial charge >= 0.3 is 5.97 Å². The van der Waals surface area contributed by atoms with E-state index in [0.29, 0.717) is 12.1 Å². The number of nitrogens with one attached hydrogen (secondary N) is 8. The van der Waals surface area contributed by atoms with Crippen molar-refractivity contribution in [2.24, 2.45) is 22.2 Å². The van der Waals surface area contributed by atoms with E-state index in [9.17, 15) is 53.4 Å². The second-order valence-electron chi connectivity index (χ2n) is 14.8. The van der Waals surface area contributed by atoms with Crippen molar-refractivity contribution in [2.75, 3.05) is 18.8 Å². The number of carboxylic acid groups (broad SMARTS) is 1. The number of hydrogen-bond acceptors (Lipinski definition) is 14. The molecule has 1 aliphatic rings. The van der Waals surface area contributed by atoms with Crippen LogP contribution in [0.1, 0.15) is 66.0 Å². The van der Waals surface area contributed by atoms with E-state index in [1.54, 1.807) is 0 Å². The minimum Gasteiger partial charge on any atom is -0.480 e. The van der Waals surface area contributed by atoms with Crippen LogP contribution in [-0.2, 0) is 49.6 Å². The third kappa shape index (κ3) is 16.4. The van der Waals surface area contributed by atoms with Crippen LogP contribution in [0.5, 0.6) is 0 Å². The SMILES string of the molecule is C[C@H](N)C(=O)N[C@@H](CS)C(=O)N[C@@H](Cc1cnc[nH]1)C(=O)N[C@@H](C)C(=O)N[C@@H](C)C(=O)N[C@@H](C)C(=O)N1CCC[C@H]1C(=O)N[C@H](C(=O)N[C@@H](CCCN=C(N)N)C(=O)O)[C@@H](C)O. The molecule has 0 radical (unpaired) electrons. The van der Waals surface area contributed by atoms with E-state index in [1.165, 1.54) is 52.0 Å². The Morgan fingerprint density at radius 1 is 0.823 bits per heavy atom. The van der Waals surface area contributed by atoms with Gasteiger partial charge in [0.25, 0.3) is 0 Å². The molecule has 26 heteroatoms. The van der Waals surface area contributed by atoms with Crippen LogP contribution in [0.2, 0.25) is 0 Å². The molecule has 2 heterocycles. The molecule has 25 nitrogen and oxygen atoms in total. The van der Waals surface area contributed by atoms with Crippen molar-refractivity contribution in [3.05, 3.63) is 18.2 Å². The number of aromatic amines is 1. The van der Waals surface area contributed by atoms with Crippen molar-refractivity contribution in [3.63, 3.8) is 0 Å². The highest BCUT2D eigenvalue weighted by Gasteiger charge is 2.39. The van der Waals surface area contributed by atoms with E-state index in [1.807, 2.05) is 0 Å². The third-order valence-electron chi connectivity index (χ3n) is 9.54. The van der Waals surface area contributed by atoms with Crippen molar-refractivity contribution in [2.45, 2.75) is 127 Å². The number of H-pyrrole nitrogens is 1. The minimum absolute atomic E-state index is 0.0588. The average Bonchev–Trinajstić information content (AvgIpc) is 3.91. The number of aliphatic hydroxyl groups excluding tert-OH is 1. The first-order valence-corrected chi connectivity index (χ1v) is 20.4. The standard InChI is InChI=1S/C36H60N14O11S/c1-16(37)27(52)48-24(14-62)31(56)47-23(12-21-13-40-15-42-21)30(55)44-18(3)28(53)43-17(2)29(54)45-19(4)34(59)50-11-7-9-25(50)32(57)49-26(20(5)51)33(58)46-22(35(60)61)8-6-10-41-36(38)39/h13,15-20,22-26,51,62H,6-12,14,37H2,1-5H3,(H,40,42)(H,43,53)(H,44,55)(H,45,54)(H,46,58)(H,47,56)(H,48,52)(H,49,57)(H,60,61)(H4,38,39,41)/t16-,17-,18-,19-,20+,22-,23-,24-,25-,26-/m0/s1. The lowest BCUT2D eigenvalue weighted by molar-refractivity contribution is -0.144. The number of guanidine groups is 1. The molecule has 0 aromatic carbocycles. The molecule has 1 saturated heterocycles. The molecule has 16 N–H and O–H groups in total. The summed E-state index contributed by atoms with van der Waals surface area (Å²) < 4.78 is 0. The normalized spacial score (nSPS) is 17.8. The van der Waals surface area contributed by atoms with E-state index in [0.717, 1.165) is 0 Å². The van der Waals surface area contributed by atoms with Crippen LogP contribution in [0, 0.1) is 0 Å². The van der Waals surface area contributed by atoms with Gasteiger partial charge in [-0.1, -0.05) is 0 Å².